The molecule has 0 radical (unpaired) electrons. The normalized spacial score (nSPS) is 27.8. The Morgan fingerprint density at radius 3 is 2.44 bits per heavy atom. The number of carbonyl (C=O) groups excluding carboxylic acids is 1. The quantitative estimate of drug-likeness (QED) is 0.742. The molecule has 0 spiro atoms. The predicted octanol–water partition coefficient (Wildman–Crippen LogP) is 1.21. The fourth-order valence-electron chi connectivity index (χ4n) is 2.94. The number of hydrogen-bond acceptors (Lipinski definition) is 3. The Labute approximate surface area is 110 Å². The Kier molecular flexibility index (Phi) is 4.62. The molecule has 0 aliphatic carbocycles. The molecule has 104 valence electrons. The van der Waals surface area contributed by atoms with E-state index in [0.717, 1.165) is 50.9 Å². The van der Waals surface area contributed by atoms with Gasteiger partial charge in [-0.2, -0.15) is 0 Å². The fourth-order valence-corrected chi connectivity index (χ4v) is 2.94. The minimum Gasteiger partial charge on any atom is -0.378 e. The highest BCUT2D eigenvalue weighted by Gasteiger charge is 2.32. The third-order valence-electron chi connectivity index (χ3n) is 4.48. The summed E-state index contributed by atoms with van der Waals surface area (Å²) < 4.78 is 5.43. The number of ether oxygens (including phenoxy) is 1. The SMILES string of the molecule is CC(C)C1CCN(C(=O)C2COCCN2C)CC1. The molecule has 0 aromatic rings. The maximum Gasteiger partial charge on any atom is 0.242 e. The molecule has 2 fully saturated rings. The predicted molar refractivity (Wildman–Crippen MR) is 71.4 cm³/mol. The van der Waals surface area contributed by atoms with Gasteiger partial charge in [0, 0.05) is 19.6 Å². The Bertz CT molecular complexity index is 286. The first-order valence-electron chi connectivity index (χ1n) is 7.16. The van der Waals surface area contributed by atoms with E-state index < -0.39 is 0 Å². The second kappa shape index (κ2) is 6.02. The van der Waals surface area contributed by atoms with Crippen LogP contribution >= 0.6 is 0 Å². The van der Waals surface area contributed by atoms with E-state index in [4.69, 9.17) is 4.74 Å². The molecule has 0 aromatic heterocycles. The zero-order valence-corrected chi connectivity index (χ0v) is 11.9. The molecular formula is C14H26N2O2. The third kappa shape index (κ3) is 3.04. The Morgan fingerprint density at radius 2 is 1.89 bits per heavy atom. The van der Waals surface area contributed by atoms with Crippen LogP contribution in [-0.2, 0) is 9.53 Å². The van der Waals surface area contributed by atoms with Crippen molar-refractivity contribution in [2.45, 2.75) is 32.7 Å². The highest BCUT2D eigenvalue weighted by atomic mass is 16.5. The van der Waals surface area contributed by atoms with Crippen molar-refractivity contribution in [3.63, 3.8) is 0 Å². The molecule has 1 atom stereocenters. The first-order valence-corrected chi connectivity index (χ1v) is 7.16. The maximum atomic E-state index is 12.4. The smallest absolute Gasteiger partial charge is 0.242 e. The average Bonchev–Trinajstić information content (AvgIpc) is 2.38. The van der Waals surface area contributed by atoms with Crippen LogP contribution in [0, 0.1) is 11.8 Å². The highest BCUT2D eigenvalue weighted by Crippen LogP contribution is 2.25. The van der Waals surface area contributed by atoms with Crippen LogP contribution in [0.15, 0.2) is 0 Å². The van der Waals surface area contributed by atoms with E-state index >= 15 is 0 Å². The number of amides is 1. The highest BCUT2D eigenvalue weighted by molar-refractivity contribution is 5.82. The Hall–Kier alpha value is -0.610. The van der Waals surface area contributed by atoms with Crippen LogP contribution in [0.4, 0.5) is 0 Å². The van der Waals surface area contributed by atoms with Crippen LogP contribution < -0.4 is 0 Å². The van der Waals surface area contributed by atoms with Gasteiger partial charge in [0.15, 0.2) is 0 Å². The minimum atomic E-state index is -0.0608. The summed E-state index contributed by atoms with van der Waals surface area (Å²) in [6, 6.07) is -0.0608. The van der Waals surface area contributed by atoms with Crippen LogP contribution in [0.5, 0.6) is 0 Å². The molecule has 1 unspecified atom stereocenters. The molecule has 1 amide bonds. The number of likely N-dealkylation sites (tertiary alicyclic amines) is 1. The number of piperidine rings is 1. The summed E-state index contributed by atoms with van der Waals surface area (Å²) in [7, 11) is 2.02. The zero-order valence-electron chi connectivity index (χ0n) is 11.9. The number of likely N-dealkylation sites (N-methyl/N-ethyl adjacent to an activating group) is 1. The summed E-state index contributed by atoms with van der Waals surface area (Å²) in [6.45, 7) is 8.57. The van der Waals surface area contributed by atoms with Crippen molar-refractivity contribution >= 4 is 5.91 Å². The van der Waals surface area contributed by atoms with Crippen LogP contribution in [0.25, 0.3) is 0 Å². The van der Waals surface area contributed by atoms with Gasteiger partial charge in [-0.3, -0.25) is 9.69 Å². The largest absolute Gasteiger partial charge is 0.378 e. The van der Waals surface area contributed by atoms with Gasteiger partial charge in [-0.25, -0.2) is 0 Å². The lowest BCUT2D eigenvalue weighted by Gasteiger charge is -2.39. The van der Waals surface area contributed by atoms with Gasteiger partial charge in [0.1, 0.15) is 6.04 Å². The molecule has 2 rings (SSSR count). The summed E-state index contributed by atoms with van der Waals surface area (Å²) in [5.41, 5.74) is 0. The number of nitrogens with zero attached hydrogens (tertiary/aromatic N) is 2. The lowest BCUT2D eigenvalue weighted by molar-refractivity contribution is -0.143. The van der Waals surface area contributed by atoms with Gasteiger partial charge in [0.2, 0.25) is 5.91 Å². The lowest BCUT2D eigenvalue weighted by Crippen LogP contribution is -2.54. The van der Waals surface area contributed by atoms with Crippen molar-refractivity contribution in [1.29, 1.82) is 0 Å². The monoisotopic (exact) mass is 254 g/mol. The van der Waals surface area contributed by atoms with E-state index in [1.54, 1.807) is 0 Å². The summed E-state index contributed by atoms with van der Waals surface area (Å²) in [5.74, 6) is 1.79. The van der Waals surface area contributed by atoms with E-state index in [9.17, 15) is 4.79 Å². The van der Waals surface area contributed by atoms with Gasteiger partial charge in [0.05, 0.1) is 13.2 Å². The molecule has 0 N–H and O–H groups in total. The van der Waals surface area contributed by atoms with E-state index in [2.05, 4.69) is 18.7 Å². The first-order chi connectivity index (χ1) is 8.59. The Balaban J connectivity index is 1.87. The van der Waals surface area contributed by atoms with Crippen LogP contribution in [0.3, 0.4) is 0 Å². The van der Waals surface area contributed by atoms with Gasteiger partial charge in [0.25, 0.3) is 0 Å². The second-order valence-electron chi connectivity index (χ2n) is 5.98. The van der Waals surface area contributed by atoms with Crippen LogP contribution in [0.2, 0.25) is 0 Å². The molecule has 0 saturated carbocycles. The molecule has 18 heavy (non-hydrogen) atoms. The van der Waals surface area contributed by atoms with Crippen LogP contribution in [0.1, 0.15) is 26.7 Å². The first kappa shape index (κ1) is 13.8. The standard InChI is InChI=1S/C14H26N2O2/c1-11(2)12-4-6-16(7-5-12)14(17)13-10-18-9-8-15(13)3/h11-13H,4-10H2,1-3H3. The third-order valence-corrected chi connectivity index (χ3v) is 4.48. The minimum absolute atomic E-state index is 0.0608. The van der Waals surface area contributed by atoms with Crippen molar-refractivity contribution < 1.29 is 9.53 Å². The molecule has 4 heteroatoms. The summed E-state index contributed by atoms with van der Waals surface area (Å²) in [6.07, 6.45) is 2.31. The lowest BCUT2D eigenvalue weighted by atomic mass is 9.86. The molecule has 2 saturated heterocycles. The van der Waals surface area contributed by atoms with E-state index in [-0.39, 0.29) is 11.9 Å². The molecule has 2 aliphatic rings. The van der Waals surface area contributed by atoms with E-state index in [1.165, 1.54) is 0 Å². The van der Waals surface area contributed by atoms with Gasteiger partial charge in [-0.05, 0) is 31.7 Å². The van der Waals surface area contributed by atoms with Crippen LogP contribution in [-0.4, -0.2) is 61.6 Å². The second-order valence-corrected chi connectivity index (χ2v) is 5.98. The van der Waals surface area contributed by atoms with Crippen molar-refractivity contribution in [2.24, 2.45) is 11.8 Å². The molecule has 2 aliphatic heterocycles. The molecule has 0 bridgehead atoms. The van der Waals surface area contributed by atoms with E-state index in [0.29, 0.717) is 6.61 Å². The van der Waals surface area contributed by atoms with Crippen molar-refractivity contribution in [1.82, 2.24) is 9.80 Å². The summed E-state index contributed by atoms with van der Waals surface area (Å²) in [4.78, 5) is 16.6. The van der Waals surface area contributed by atoms with E-state index in [1.807, 2.05) is 11.9 Å². The van der Waals surface area contributed by atoms with Gasteiger partial charge in [-0.15, -0.1) is 0 Å². The number of rotatable bonds is 2. The van der Waals surface area contributed by atoms with Gasteiger partial charge >= 0.3 is 0 Å². The molecule has 2 heterocycles. The van der Waals surface area contributed by atoms with Gasteiger partial charge in [-0.1, -0.05) is 13.8 Å². The number of hydrogen-bond donors (Lipinski definition) is 0. The maximum absolute atomic E-state index is 12.4. The average molecular weight is 254 g/mol. The molecule has 4 nitrogen and oxygen atoms in total. The Morgan fingerprint density at radius 1 is 1.22 bits per heavy atom. The topological polar surface area (TPSA) is 32.8 Å². The molecular weight excluding hydrogens is 228 g/mol. The van der Waals surface area contributed by atoms with Crippen molar-refractivity contribution in [3.05, 3.63) is 0 Å². The number of morpholine rings is 1. The van der Waals surface area contributed by atoms with Gasteiger partial charge < -0.3 is 9.64 Å². The molecule has 0 aromatic carbocycles. The summed E-state index contributed by atoms with van der Waals surface area (Å²) >= 11 is 0. The summed E-state index contributed by atoms with van der Waals surface area (Å²) in [5, 5.41) is 0. The fraction of sp³-hybridized carbons (Fsp3) is 0.929. The number of carbonyl (C=O) groups is 1. The van der Waals surface area contributed by atoms with Crippen molar-refractivity contribution in [2.75, 3.05) is 39.9 Å². The zero-order chi connectivity index (χ0) is 13.1. The van der Waals surface area contributed by atoms with Crippen molar-refractivity contribution in [3.8, 4) is 0 Å².